The monoisotopic (exact) mass is 299 g/mol. The van der Waals surface area contributed by atoms with Gasteiger partial charge < -0.3 is 10.6 Å². The molecule has 0 radical (unpaired) electrons. The van der Waals surface area contributed by atoms with Gasteiger partial charge in [0.25, 0.3) is 0 Å². The number of likely N-dealkylation sites (N-methyl/N-ethyl adjacent to an activating group) is 1. The second-order valence-corrected chi connectivity index (χ2v) is 6.89. The lowest BCUT2D eigenvalue weighted by Crippen LogP contribution is -2.35. The Bertz CT molecular complexity index is 597. The number of amides is 1. The van der Waals surface area contributed by atoms with Crippen molar-refractivity contribution in [1.29, 1.82) is 0 Å². The molecule has 112 valence electrons. The molecular formula is C13H21N3O3S. The Morgan fingerprint density at radius 3 is 2.40 bits per heavy atom. The second kappa shape index (κ2) is 6.34. The van der Waals surface area contributed by atoms with E-state index in [4.69, 9.17) is 0 Å². The second-order valence-electron chi connectivity index (χ2n) is 4.77. The SMILES string of the molecule is CNC(C)C(=O)Nc1ccc(C)c(S(=O)(=O)N(C)C)c1. The smallest absolute Gasteiger partial charge is 0.242 e. The Balaban J connectivity index is 3.13. The molecule has 1 rings (SSSR count). The van der Waals surface area contributed by atoms with Crippen LogP contribution in [0.5, 0.6) is 0 Å². The Labute approximate surface area is 120 Å². The summed E-state index contributed by atoms with van der Waals surface area (Å²) < 4.78 is 25.5. The number of carbonyl (C=O) groups is 1. The number of benzene rings is 1. The van der Waals surface area contributed by atoms with Crippen molar-refractivity contribution in [2.24, 2.45) is 0 Å². The van der Waals surface area contributed by atoms with E-state index < -0.39 is 10.0 Å². The number of aryl methyl sites for hydroxylation is 1. The molecule has 0 fully saturated rings. The lowest BCUT2D eigenvalue weighted by atomic mass is 10.2. The van der Waals surface area contributed by atoms with Crippen molar-refractivity contribution in [3.63, 3.8) is 0 Å². The molecule has 7 heteroatoms. The molecule has 1 atom stereocenters. The van der Waals surface area contributed by atoms with Crippen molar-refractivity contribution >= 4 is 21.6 Å². The quantitative estimate of drug-likeness (QED) is 0.842. The van der Waals surface area contributed by atoms with Gasteiger partial charge in [0, 0.05) is 19.8 Å². The molecule has 1 aromatic rings. The molecule has 0 spiro atoms. The average Bonchev–Trinajstić information content (AvgIpc) is 2.39. The third-order valence-electron chi connectivity index (χ3n) is 3.04. The molecule has 2 N–H and O–H groups in total. The van der Waals surface area contributed by atoms with Crippen LogP contribution in [0.2, 0.25) is 0 Å². The first-order valence-electron chi connectivity index (χ1n) is 6.21. The summed E-state index contributed by atoms with van der Waals surface area (Å²) in [5, 5.41) is 5.51. The summed E-state index contributed by atoms with van der Waals surface area (Å²) in [5.74, 6) is -0.218. The number of nitrogens with zero attached hydrogens (tertiary/aromatic N) is 1. The zero-order valence-corrected chi connectivity index (χ0v) is 13.2. The van der Waals surface area contributed by atoms with Crippen LogP contribution >= 0.6 is 0 Å². The van der Waals surface area contributed by atoms with Crippen molar-refractivity contribution < 1.29 is 13.2 Å². The van der Waals surface area contributed by atoms with Gasteiger partial charge in [-0.05, 0) is 38.6 Å². The number of nitrogens with one attached hydrogen (secondary N) is 2. The number of hydrogen-bond acceptors (Lipinski definition) is 4. The van der Waals surface area contributed by atoms with Crippen molar-refractivity contribution in [2.45, 2.75) is 24.8 Å². The zero-order chi connectivity index (χ0) is 15.5. The molecule has 0 aliphatic rings. The number of sulfonamides is 1. The van der Waals surface area contributed by atoms with E-state index in [1.54, 1.807) is 33.0 Å². The predicted octanol–water partition coefficient (Wildman–Crippen LogP) is 0.792. The van der Waals surface area contributed by atoms with Crippen LogP contribution < -0.4 is 10.6 Å². The number of hydrogen-bond donors (Lipinski definition) is 2. The van der Waals surface area contributed by atoms with Crippen LogP contribution in [0.25, 0.3) is 0 Å². The standard InChI is InChI=1S/C13H21N3O3S/c1-9-6-7-11(15-13(17)10(2)14-3)8-12(9)20(18,19)16(4)5/h6-8,10,14H,1-5H3,(H,15,17). The lowest BCUT2D eigenvalue weighted by molar-refractivity contribution is -0.117. The molecule has 6 nitrogen and oxygen atoms in total. The van der Waals surface area contributed by atoms with Crippen LogP contribution in [0, 0.1) is 6.92 Å². The van der Waals surface area contributed by atoms with Crippen LogP contribution in [0.3, 0.4) is 0 Å². The average molecular weight is 299 g/mol. The van der Waals surface area contributed by atoms with Crippen molar-refractivity contribution in [1.82, 2.24) is 9.62 Å². The van der Waals surface area contributed by atoms with E-state index in [9.17, 15) is 13.2 Å². The Morgan fingerprint density at radius 2 is 1.90 bits per heavy atom. The summed E-state index contributed by atoms with van der Waals surface area (Å²) in [6.45, 7) is 3.44. The maximum absolute atomic E-state index is 12.2. The van der Waals surface area contributed by atoms with Crippen LogP contribution in [0.15, 0.2) is 23.1 Å². The first-order chi connectivity index (χ1) is 9.20. The highest BCUT2D eigenvalue weighted by molar-refractivity contribution is 7.89. The Morgan fingerprint density at radius 1 is 1.30 bits per heavy atom. The molecule has 0 aromatic heterocycles. The van der Waals surface area contributed by atoms with E-state index in [1.165, 1.54) is 20.2 Å². The summed E-state index contributed by atoms with van der Waals surface area (Å²) in [4.78, 5) is 12.0. The molecule has 0 saturated heterocycles. The molecule has 20 heavy (non-hydrogen) atoms. The number of rotatable bonds is 5. The molecule has 1 amide bonds. The van der Waals surface area contributed by atoms with Crippen LogP contribution in [-0.4, -0.2) is 45.8 Å². The van der Waals surface area contributed by atoms with E-state index in [0.29, 0.717) is 11.3 Å². The summed E-state index contributed by atoms with van der Waals surface area (Å²) in [6, 6.07) is 4.48. The summed E-state index contributed by atoms with van der Waals surface area (Å²) >= 11 is 0. The van der Waals surface area contributed by atoms with Gasteiger partial charge in [0.2, 0.25) is 15.9 Å². The highest BCUT2D eigenvalue weighted by atomic mass is 32.2. The molecule has 0 heterocycles. The fraction of sp³-hybridized carbons (Fsp3) is 0.462. The molecular weight excluding hydrogens is 278 g/mol. The molecule has 1 unspecified atom stereocenters. The van der Waals surface area contributed by atoms with E-state index in [0.717, 1.165) is 4.31 Å². The third kappa shape index (κ3) is 3.56. The molecule has 0 aliphatic carbocycles. The first kappa shape index (κ1) is 16.6. The van der Waals surface area contributed by atoms with Gasteiger partial charge in [-0.25, -0.2) is 12.7 Å². The summed E-state index contributed by atoms with van der Waals surface area (Å²) in [7, 11) is 1.11. The maximum Gasteiger partial charge on any atom is 0.242 e. The highest BCUT2D eigenvalue weighted by Crippen LogP contribution is 2.22. The van der Waals surface area contributed by atoms with Gasteiger partial charge in [-0.2, -0.15) is 0 Å². The maximum atomic E-state index is 12.2. The zero-order valence-electron chi connectivity index (χ0n) is 12.4. The minimum atomic E-state index is -3.53. The normalized spacial score (nSPS) is 13.3. The largest absolute Gasteiger partial charge is 0.325 e. The van der Waals surface area contributed by atoms with Crippen molar-refractivity contribution in [2.75, 3.05) is 26.5 Å². The van der Waals surface area contributed by atoms with E-state index >= 15 is 0 Å². The Hall–Kier alpha value is -1.44. The van der Waals surface area contributed by atoms with Gasteiger partial charge in [0.05, 0.1) is 10.9 Å². The highest BCUT2D eigenvalue weighted by Gasteiger charge is 2.20. The van der Waals surface area contributed by atoms with Gasteiger partial charge in [-0.3, -0.25) is 4.79 Å². The number of anilines is 1. The van der Waals surface area contributed by atoms with Crippen molar-refractivity contribution in [3.8, 4) is 0 Å². The topological polar surface area (TPSA) is 78.5 Å². The van der Waals surface area contributed by atoms with Crippen LogP contribution in [-0.2, 0) is 14.8 Å². The van der Waals surface area contributed by atoms with E-state index in [1.807, 2.05) is 0 Å². The molecule has 0 bridgehead atoms. The van der Waals surface area contributed by atoms with E-state index in [2.05, 4.69) is 10.6 Å². The van der Waals surface area contributed by atoms with Crippen LogP contribution in [0.4, 0.5) is 5.69 Å². The van der Waals surface area contributed by atoms with Gasteiger partial charge in [-0.15, -0.1) is 0 Å². The van der Waals surface area contributed by atoms with Crippen molar-refractivity contribution in [3.05, 3.63) is 23.8 Å². The van der Waals surface area contributed by atoms with Gasteiger partial charge in [0.1, 0.15) is 0 Å². The summed E-state index contributed by atoms with van der Waals surface area (Å²) in [6.07, 6.45) is 0. The van der Waals surface area contributed by atoms with Gasteiger partial charge in [-0.1, -0.05) is 6.07 Å². The third-order valence-corrected chi connectivity index (χ3v) is 5.00. The first-order valence-corrected chi connectivity index (χ1v) is 7.65. The minimum absolute atomic E-state index is 0.192. The molecule has 1 aromatic carbocycles. The van der Waals surface area contributed by atoms with Crippen LogP contribution in [0.1, 0.15) is 12.5 Å². The fourth-order valence-corrected chi connectivity index (χ4v) is 2.68. The molecule has 0 saturated carbocycles. The van der Waals surface area contributed by atoms with Gasteiger partial charge >= 0.3 is 0 Å². The van der Waals surface area contributed by atoms with Gasteiger partial charge in [0.15, 0.2) is 0 Å². The molecule has 0 aliphatic heterocycles. The fourth-order valence-electron chi connectivity index (χ4n) is 1.53. The van der Waals surface area contributed by atoms with E-state index in [-0.39, 0.29) is 16.8 Å². The summed E-state index contributed by atoms with van der Waals surface area (Å²) in [5.41, 5.74) is 1.10. The predicted molar refractivity (Wildman–Crippen MR) is 79.2 cm³/mol. The minimum Gasteiger partial charge on any atom is -0.325 e. The lowest BCUT2D eigenvalue weighted by Gasteiger charge is -2.16. The number of carbonyl (C=O) groups excluding carboxylic acids is 1. The Kier molecular flexibility index (Phi) is 5.27.